The minimum atomic E-state index is -0.386. The fraction of sp³-hybridized carbons (Fsp3) is 0.643. The van der Waals surface area contributed by atoms with Gasteiger partial charge in [-0.2, -0.15) is 0 Å². The standard InChI is InChI=1S/C14H22N2OS/c1-14(2,12-5-4-8-18-12)13(17)16-7-6-11(10-16)9-15-3/h4-5,8,11,15H,6-7,9-10H2,1-3H3. The highest BCUT2D eigenvalue weighted by Gasteiger charge is 2.37. The van der Waals surface area contributed by atoms with Gasteiger partial charge in [0.05, 0.1) is 5.41 Å². The summed E-state index contributed by atoms with van der Waals surface area (Å²) in [5, 5.41) is 5.24. The second-order valence-corrected chi connectivity index (χ2v) is 6.51. The molecule has 18 heavy (non-hydrogen) atoms. The average Bonchev–Trinajstić information content (AvgIpc) is 2.99. The first-order valence-corrected chi connectivity index (χ1v) is 7.41. The lowest BCUT2D eigenvalue weighted by atomic mass is 9.89. The summed E-state index contributed by atoms with van der Waals surface area (Å²) < 4.78 is 0. The maximum atomic E-state index is 12.6. The van der Waals surface area contributed by atoms with Crippen molar-refractivity contribution in [3.63, 3.8) is 0 Å². The molecule has 1 aliphatic rings. The quantitative estimate of drug-likeness (QED) is 0.905. The van der Waals surface area contributed by atoms with E-state index in [1.807, 2.05) is 37.2 Å². The van der Waals surface area contributed by atoms with Crippen LogP contribution in [0, 0.1) is 5.92 Å². The summed E-state index contributed by atoms with van der Waals surface area (Å²) in [5.41, 5.74) is -0.386. The second kappa shape index (κ2) is 5.41. The molecule has 1 aromatic heterocycles. The van der Waals surface area contributed by atoms with Crippen LogP contribution >= 0.6 is 11.3 Å². The lowest BCUT2D eigenvalue weighted by Crippen LogP contribution is -2.42. The molecule has 2 heterocycles. The van der Waals surface area contributed by atoms with Crippen molar-refractivity contribution in [2.24, 2.45) is 5.92 Å². The molecule has 0 saturated carbocycles. The van der Waals surface area contributed by atoms with Crippen LogP contribution in [0.2, 0.25) is 0 Å². The van der Waals surface area contributed by atoms with Crippen LogP contribution in [0.15, 0.2) is 17.5 Å². The Hall–Kier alpha value is -0.870. The molecule has 4 heteroatoms. The topological polar surface area (TPSA) is 32.3 Å². The van der Waals surface area contributed by atoms with Gasteiger partial charge in [0.15, 0.2) is 0 Å². The molecule has 1 unspecified atom stereocenters. The van der Waals surface area contributed by atoms with Crippen LogP contribution in [-0.2, 0) is 10.2 Å². The van der Waals surface area contributed by atoms with E-state index in [-0.39, 0.29) is 11.3 Å². The van der Waals surface area contributed by atoms with Gasteiger partial charge in [0.1, 0.15) is 0 Å². The first kappa shape index (κ1) is 13.6. The predicted octanol–water partition coefficient (Wildman–Crippen LogP) is 2.09. The molecular weight excluding hydrogens is 244 g/mol. The van der Waals surface area contributed by atoms with E-state index in [1.165, 1.54) is 0 Å². The molecule has 0 bridgehead atoms. The van der Waals surface area contributed by atoms with E-state index in [0.29, 0.717) is 5.92 Å². The molecule has 1 fully saturated rings. The minimum Gasteiger partial charge on any atom is -0.342 e. The molecule has 0 aromatic carbocycles. The molecule has 3 nitrogen and oxygen atoms in total. The van der Waals surface area contributed by atoms with Crippen molar-refractivity contribution in [2.45, 2.75) is 25.7 Å². The number of amides is 1. The summed E-state index contributed by atoms with van der Waals surface area (Å²) in [4.78, 5) is 15.8. The van der Waals surface area contributed by atoms with E-state index < -0.39 is 0 Å². The molecule has 1 aliphatic heterocycles. The predicted molar refractivity (Wildman–Crippen MR) is 76.0 cm³/mol. The minimum absolute atomic E-state index is 0.267. The third-order valence-electron chi connectivity index (χ3n) is 3.74. The molecule has 1 saturated heterocycles. The van der Waals surface area contributed by atoms with E-state index in [9.17, 15) is 4.79 Å². The van der Waals surface area contributed by atoms with Crippen LogP contribution < -0.4 is 5.32 Å². The van der Waals surface area contributed by atoms with E-state index in [4.69, 9.17) is 0 Å². The molecule has 100 valence electrons. The highest BCUT2D eigenvalue weighted by atomic mass is 32.1. The molecule has 0 spiro atoms. The molecule has 1 atom stereocenters. The van der Waals surface area contributed by atoms with Gasteiger partial charge in [-0.1, -0.05) is 6.07 Å². The van der Waals surface area contributed by atoms with E-state index in [1.54, 1.807) is 11.3 Å². The zero-order valence-corrected chi connectivity index (χ0v) is 12.2. The Labute approximate surface area is 113 Å². The fourth-order valence-electron chi connectivity index (χ4n) is 2.61. The number of likely N-dealkylation sites (tertiary alicyclic amines) is 1. The average molecular weight is 266 g/mol. The Balaban J connectivity index is 2.04. The molecule has 2 rings (SSSR count). The van der Waals surface area contributed by atoms with Gasteiger partial charge in [0.2, 0.25) is 5.91 Å². The normalized spacial score (nSPS) is 20.4. The summed E-state index contributed by atoms with van der Waals surface area (Å²) in [6, 6.07) is 4.08. The van der Waals surface area contributed by atoms with Crippen LogP contribution in [0.25, 0.3) is 0 Å². The Kier molecular flexibility index (Phi) is 4.07. The Morgan fingerprint density at radius 1 is 1.61 bits per heavy atom. The first-order chi connectivity index (χ1) is 8.55. The lowest BCUT2D eigenvalue weighted by Gasteiger charge is -2.28. The van der Waals surface area contributed by atoms with Gasteiger partial charge >= 0.3 is 0 Å². The van der Waals surface area contributed by atoms with Crippen molar-refractivity contribution in [3.05, 3.63) is 22.4 Å². The Morgan fingerprint density at radius 2 is 2.39 bits per heavy atom. The summed E-state index contributed by atoms with van der Waals surface area (Å²) in [6.45, 7) is 6.87. The van der Waals surface area contributed by atoms with Gasteiger partial charge in [-0.3, -0.25) is 4.79 Å². The number of carbonyl (C=O) groups is 1. The zero-order chi connectivity index (χ0) is 13.2. The van der Waals surface area contributed by atoms with Crippen LogP contribution in [0.5, 0.6) is 0 Å². The molecule has 1 N–H and O–H groups in total. The maximum Gasteiger partial charge on any atom is 0.233 e. The van der Waals surface area contributed by atoms with Crippen molar-refractivity contribution in [1.29, 1.82) is 0 Å². The summed E-state index contributed by atoms with van der Waals surface area (Å²) >= 11 is 1.67. The SMILES string of the molecule is CNCC1CCN(C(=O)C(C)(C)c2cccs2)C1. The Morgan fingerprint density at radius 3 is 3.00 bits per heavy atom. The number of hydrogen-bond acceptors (Lipinski definition) is 3. The molecule has 0 aliphatic carbocycles. The van der Waals surface area contributed by atoms with Crippen molar-refractivity contribution in [2.75, 3.05) is 26.7 Å². The van der Waals surface area contributed by atoms with Crippen LogP contribution in [0.1, 0.15) is 25.1 Å². The zero-order valence-electron chi connectivity index (χ0n) is 11.4. The number of thiophene rings is 1. The lowest BCUT2D eigenvalue weighted by molar-refractivity contribution is -0.135. The number of nitrogens with one attached hydrogen (secondary N) is 1. The van der Waals surface area contributed by atoms with Gasteiger partial charge in [-0.25, -0.2) is 0 Å². The van der Waals surface area contributed by atoms with Gasteiger partial charge in [0, 0.05) is 18.0 Å². The first-order valence-electron chi connectivity index (χ1n) is 6.53. The largest absolute Gasteiger partial charge is 0.342 e. The van der Waals surface area contributed by atoms with Crippen LogP contribution in [0.3, 0.4) is 0 Å². The van der Waals surface area contributed by atoms with Crippen LogP contribution in [0.4, 0.5) is 0 Å². The number of nitrogens with zero attached hydrogens (tertiary/aromatic N) is 1. The molecule has 1 aromatic rings. The summed E-state index contributed by atoms with van der Waals surface area (Å²) in [5.74, 6) is 0.877. The second-order valence-electron chi connectivity index (χ2n) is 5.57. The highest BCUT2D eigenvalue weighted by molar-refractivity contribution is 7.10. The fourth-order valence-corrected chi connectivity index (χ4v) is 3.45. The third-order valence-corrected chi connectivity index (χ3v) is 4.93. The van der Waals surface area contributed by atoms with Gasteiger partial charge in [0.25, 0.3) is 0 Å². The van der Waals surface area contributed by atoms with Crippen LogP contribution in [-0.4, -0.2) is 37.5 Å². The molecular formula is C14H22N2OS. The van der Waals surface area contributed by atoms with Crippen molar-refractivity contribution in [3.8, 4) is 0 Å². The van der Waals surface area contributed by atoms with Crippen molar-refractivity contribution < 1.29 is 4.79 Å². The summed E-state index contributed by atoms with van der Waals surface area (Å²) in [6.07, 6.45) is 1.12. The van der Waals surface area contributed by atoms with Crippen molar-refractivity contribution >= 4 is 17.2 Å². The smallest absolute Gasteiger partial charge is 0.233 e. The number of carbonyl (C=O) groups excluding carboxylic acids is 1. The Bertz CT molecular complexity index is 400. The van der Waals surface area contributed by atoms with E-state index >= 15 is 0 Å². The van der Waals surface area contributed by atoms with Gasteiger partial charge < -0.3 is 10.2 Å². The monoisotopic (exact) mass is 266 g/mol. The number of hydrogen-bond donors (Lipinski definition) is 1. The van der Waals surface area contributed by atoms with Crippen molar-refractivity contribution in [1.82, 2.24) is 10.2 Å². The summed E-state index contributed by atoms with van der Waals surface area (Å²) in [7, 11) is 1.97. The molecule has 0 radical (unpaired) electrons. The van der Waals surface area contributed by atoms with Gasteiger partial charge in [-0.15, -0.1) is 11.3 Å². The van der Waals surface area contributed by atoms with Gasteiger partial charge in [-0.05, 0) is 51.2 Å². The maximum absolute atomic E-state index is 12.6. The third kappa shape index (κ3) is 2.59. The number of rotatable bonds is 4. The van der Waals surface area contributed by atoms with E-state index in [0.717, 1.165) is 30.9 Å². The highest BCUT2D eigenvalue weighted by Crippen LogP contribution is 2.31. The van der Waals surface area contributed by atoms with E-state index in [2.05, 4.69) is 11.4 Å². The molecule has 1 amide bonds.